The van der Waals surface area contributed by atoms with Crippen LogP contribution in [0, 0.1) is 13.8 Å². The van der Waals surface area contributed by atoms with Crippen molar-refractivity contribution in [1.82, 2.24) is 0 Å². The van der Waals surface area contributed by atoms with E-state index in [1.54, 1.807) is 11.3 Å². The molecule has 0 radical (unpaired) electrons. The van der Waals surface area contributed by atoms with Gasteiger partial charge in [0, 0.05) is 23.6 Å². The first-order valence-electron chi connectivity index (χ1n) is 7.83. The van der Waals surface area contributed by atoms with Gasteiger partial charge in [-0.25, -0.2) is 13.8 Å². The summed E-state index contributed by atoms with van der Waals surface area (Å²) in [6, 6.07) is 2.13. The number of thiophene rings is 1. The molecule has 1 atom stereocenters. The van der Waals surface area contributed by atoms with Crippen molar-refractivity contribution in [2.75, 3.05) is 19.0 Å². The van der Waals surface area contributed by atoms with Crippen LogP contribution in [0.15, 0.2) is 6.07 Å². The smallest absolute Gasteiger partial charge is 0.351 e. The third kappa shape index (κ3) is 5.88. The third-order valence-electron chi connectivity index (χ3n) is 3.38. The Morgan fingerprint density at radius 3 is 2.40 bits per heavy atom. The Morgan fingerprint density at radius 1 is 1.20 bits per heavy atom. The van der Waals surface area contributed by atoms with Crippen molar-refractivity contribution in [1.29, 1.82) is 0 Å². The minimum Gasteiger partial charge on any atom is -0.421 e. The van der Waals surface area contributed by atoms with Crippen molar-refractivity contribution in [3.05, 3.63) is 21.4 Å². The van der Waals surface area contributed by atoms with Crippen LogP contribution in [0.4, 0.5) is 0 Å². The van der Waals surface area contributed by atoms with E-state index in [1.807, 2.05) is 0 Å². The van der Waals surface area contributed by atoms with Crippen molar-refractivity contribution in [2.45, 2.75) is 46.0 Å². The van der Waals surface area contributed by atoms with Crippen molar-refractivity contribution in [3.8, 4) is 0 Å². The van der Waals surface area contributed by atoms with E-state index < -0.39 is 34.9 Å². The van der Waals surface area contributed by atoms with Gasteiger partial charge in [0.05, 0.1) is 19.0 Å². The minimum absolute atomic E-state index is 0.0437. The number of hydrogen-bond donors (Lipinski definition) is 0. The number of carbonyl (C=O) groups is 2. The zero-order valence-corrected chi connectivity index (χ0v) is 16.3. The van der Waals surface area contributed by atoms with Crippen LogP contribution in [0.25, 0.3) is 0 Å². The van der Waals surface area contributed by atoms with Gasteiger partial charge in [0.1, 0.15) is 0 Å². The van der Waals surface area contributed by atoms with E-state index in [0.717, 1.165) is 6.42 Å². The Balaban J connectivity index is 1.68. The summed E-state index contributed by atoms with van der Waals surface area (Å²) in [6.45, 7) is 7.68. The second kappa shape index (κ2) is 8.39. The molecule has 2 rings (SSSR count). The molecule has 0 saturated carbocycles. The molecule has 0 aliphatic carbocycles. The maximum Gasteiger partial charge on any atom is 0.351 e. The van der Waals surface area contributed by atoms with E-state index in [9.17, 15) is 13.8 Å². The maximum absolute atomic E-state index is 11.8. The Kier molecular flexibility index (Phi) is 6.72. The highest BCUT2D eigenvalue weighted by Crippen LogP contribution is 2.22. The first kappa shape index (κ1) is 20.0. The highest BCUT2D eigenvalue weighted by atomic mass is 32.2. The van der Waals surface area contributed by atoms with Crippen LogP contribution in [0.5, 0.6) is 0 Å². The predicted molar refractivity (Wildman–Crippen MR) is 92.5 cm³/mol. The number of ether oxygens (including phenoxy) is 3. The number of esters is 2. The predicted octanol–water partition coefficient (Wildman–Crippen LogP) is 1.81. The molecule has 0 spiro atoms. The first-order valence-corrected chi connectivity index (χ1v) is 9.89. The van der Waals surface area contributed by atoms with E-state index in [4.69, 9.17) is 18.4 Å². The molecule has 9 heteroatoms. The molecular formula is C16H22O7S2. The van der Waals surface area contributed by atoms with Crippen LogP contribution in [-0.4, -0.2) is 47.0 Å². The zero-order chi connectivity index (χ0) is 18.6. The van der Waals surface area contributed by atoms with E-state index in [1.165, 1.54) is 29.2 Å². The summed E-state index contributed by atoms with van der Waals surface area (Å²) < 4.78 is 32.0. The number of hydrogen-bond acceptors (Lipinski definition) is 8. The molecule has 1 aliphatic heterocycles. The highest BCUT2D eigenvalue weighted by molar-refractivity contribution is 7.80. The van der Waals surface area contributed by atoms with E-state index in [2.05, 4.69) is 19.9 Å². The summed E-state index contributed by atoms with van der Waals surface area (Å²) in [5.41, 5.74) is 1.25. The normalized spacial score (nSPS) is 18.7. The largest absolute Gasteiger partial charge is 0.421 e. The third-order valence-corrected chi connectivity index (χ3v) is 5.29. The van der Waals surface area contributed by atoms with Gasteiger partial charge in [-0.2, -0.15) is 0 Å². The molecule has 2 heterocycles. The van der Waals surface area contributed by atoms with Gasteiger partial charge < -0.3 is 14.2 Å². The molecule has 0 aromatic carbocycles. The van der Waals surface area contributed by atoms with Crippen LogP contribution >= 0.6 is 11.3 Å². The van der Waals surface area contributed by atoms with Crippen LogP contribution in [0.1, 0.15) is 29.2 Å². The second-order valence-corrected chi connectivity index (χ2v) is 8.70. The Bertz CT molecular complexity index is 645. The molecule has 25 heavy (non-hydrogen) atoms. The molecule has 1 saturated heterocycles. The average Bonchev–Trinajstić information content (AvgIpc) is 2.79. The van der Waals surface area contributed by atoms with Crippen LogP contribution in [-0.2, 0) is 45.5 Å². The van der Waals surface area contributed by atoms with E-state index in [-0.39, 0.29) is 12.4 Å². The number of rotatable bonds is 8. The fourth-order valence-corrected chi connectivity index (χ4v) is 3.98. The molecule has 0 amide bonds. The van der Waals surface area contributed by atoms with Crippen LogP contribution in [0.2, 0.25) is 0 Å². The maximum atomic E-state index is 11.8. The quantitative estimate of drug-likeness (QED) is 0.380. The van der Waals surface area contributed by atoms with E-state index >= 15 is 0 Å². The number of cyclic esters (lactones) is 2. The van der Waals surface area contributed by atoms with Gasteiger partial charge in [0.2, 0.25) is 0 Å². The van der Waals surface area contributed by atoms with Crippen molar-refractivity contribution >= 4 is 34.4 Å². The standard InChI is InChI=1S/C16H22O7S2/c1-10-9-12(11(2)24-10)5-6-20-7-8-25(19)23-13-14(17)21-16(3,4)22-15(13)18/h9,13H,5-8H2,1-4H3. The number of carbonyl (C=O) groups excluding carboxylic acids is 2. The van der Waals surface area contributed by atoms with Gasteiger partial charge in [-0.05, 0) is 31.9 Å². The molecule has 1 aliphatic rings. The lowest BCUT2D eigenvalue weighted by Crippen LogP contribution is -2.50. The lowest BCUT2D eigenvalue weighted by Gasteiger charge is -2.32. The first-order chi connectivity index (χ1) is 11.7. The number of aryl methyl sites for hydroxylation is 2. The minimum atomic E-state index is -1.86. The van der Waals surface area contributed by atoms with Crippen LogP contribution in [0.3, 0.4) is 0 Å². The van der Waals surface area contributed by atoms with Crippen molar-refractivity contribution in [2.24, 2.45) is 0 Å². The highest BCUT2D eigenvalue weighted by Gasteiger charge is 2.45. The Morgan fingerprint density at radius 2 is 1.84 bits per heavy atom. The Hall–Kier alpha value is -1.29. The van der Waals surface area contributed by atoms with Gasteiger partial charge in [0.25, 0.3) is 11.9 Å². The summed E-state index contributed by atoms with van der Waals surface area (Å²) >= 11 is -0.111. The van der Waals surface area contributed by atoms with Crippen LogP contribution < -0.4 is 0 Å². The van der Waals surface area contributed by atoms with Gasteiger partial charge in [-0.1, -0.05) is 0 Å². The van der Waals surface area contributed by atoms with Gasteiger partial charge in [-0.15, -0.1) is 11.3 Å². The van der Waals surface area contributed by atoms with Gasteiger partial charge >= 0.3 is 11.9 Å². The molecular weight excluding hydrogens is 368 g/mol. The summed E-state index contributed by atoms with van der Waals surface area (Å²) in [7, 11) is 0. The van der Waals surface area contributed by atoms with Crippen molar-refractivity contribution in [3.63, 3.8) is 0 Å². The molecule has 1 fully saturated rings. The Labute approximate surface area is 153 Å². The molecule has 1 aromatic heterocycles. The summed E-state index contributed by atoms with van der Waals surface area (Å²) in [5.74, 6) is -3.10. The fraction of sp³-hybridized carbons (Fsp3) is 0.625. The zero-order valence-electron chi connectivity index (χ0n) is 14.7. The average molecular weight is 390 g/mol. The van der Waals surface area contributed by atoms with Crippen molar-refractivity contribution < 1.29 is 32.2 Å². The van der Waals surface area contributed by atoms with Gasteiger partial charge in [0.15, 0.2) is 11.1 Å². The topological polar surface area (TPSA) is 88.1 Å². The molecule has 1 aromatic rings. The molecule has 140 valence electrons. The lowest BCUT2D eigenvalue weighted by molar-refractivity contribution is -0.243. The van der Waals surface area contributed by atoms with E-state index in [0.29, 0.717) is 6.61 Å². The summed E-state index contributed by atoms with van der Waals surface area (Å²) in [6.07, 6.45) is -0.842. The SMILES string of the molecule is Cc1cc(CCOCCS(=O)OC2C(=O)OC(C)(C)OC2=O)c(C)s1. The lowest BCUT2D eigenvalue weighted by atomic mass is 10.2. The molecule has 0 bridgehead atoms. The monoisotopic (exact) mass is 390 g/mol. The second-order valence-electron chi connectivity index (χ2n) is 6.03. The molecule has 7 nitrogen and oxygen atoms in total. The van der Waals surface area contributed by atoms with Gasteiger partial charge in [-0.3, -0.25) is 4.18 Å². The summed E-state index contributed by atoms with van der Waals surface area (Å²) in [5, 5.41) is 0. The molecule has 0 N–H and O–H groups in total. The summed E-state index contributed by atoms with van der Waals surface area (Å²) in [4.78, 5) is 25.9. The molecule has 1 unspecified atom stereocenters. The fourth-order valence-electron chi connectivity index (χ4n) is 2.29.